The Bertz CT molecular complexity index is 714. The highest BCUT2D eigenvalue weighted by Crippen LogP contribution is 2.39. The van der Waals surface area contributed by atoms with Crippen molar-refractivity contribution in [3.63, 3.8) is 0 Å². The third-order valence-corrected chi connectivity index (χ3v) is 6.09. The first-order valence-electron chi connectivity index (χ1n) is 10.5. The first-order chi connectivity index (χ1) is 13.5. The molecular weight excluding hydrogens is 475 g/mol. The maximum Gasteiger partial charge on any atom is 0.230 e. The maximum absolute atomic E-state index is 12.8. The van der Waals surface area contributed by atoms with Gasteiger partial charge in [-0.25, -0.2) is 0 Å². The van der Waals surface area contributed by atoms with E-state index >= 15 is 0 Å². The van der Waals surface area contributed by atoms with Crippen LogP contribution in [-0.4, -0.2) is 62.4 Å². The Kier molecular flexibility index (Phi) is 8.99. The van der Waals surface area contributed by atoms with E-state index in [0.29, 0.717) is 6.54 Å². The van der Waals surface area contributed by atoms with Gasteiger partial charge in [0.05, 0.1) is 5.41 Å². The molecule has 160 valence electrons. The van der Waals surface area contributed by atoms with Gasteiger partial charge in [-0.3, -0.25) is 9.79 Å². The summed E-state index contributed by atoms with van der Waals surface area (Å²) in [5, 5.41) is 3.53. The molecule has 1 N–H and O–H groups in total. The molecule has 1 aromatic rings. The number of carbonyl (C=O) groups excluding carboxylic acids is 1. The first-order valence-corrected chi connectivity index (χ1v) is 10.5. The monoisotopic (exact) mass is 510 g/mol. The van der Waals surface area contributed by atoms with Gasteiger partial charge in [-0.15, -0.1) is 24.0 Å². The Balaban J connectivity index is 0.00000300. The lowest BCUT2D eigenvalue weighted by atomic mass is 9.84. The molecule has 5 nitrogen and oxygen atoms in total. The van der Waals surface area contributed by atoms with Gasteiger partial charge in [0.25, 0.3) is 0 Å². The summed E-state index contributed by atoms with van der Waals surface area (Å²) in [5.74, 6) is 1.18. The van der Waals surface area contributed by atoms with Crippen LogP contribution in [0.3, 0.4) is 0 Å². The number of likely N-dealkylation sites (tertiary alicyclic amines) is 1. The summed E-state index contributed by atoms with van der Waals surface area (Å²) in [6, 6.07) is 10.5. The number of nitrogens with zero attached hydrogens (tertiary/aromatic N) is 3. The summed E-state index contributed by atoms with van der Waals surface area (Å²) in [5.41, 5.74) is 2.50. The van der Waals surface area contributed by atoms with Crippen molar-refractivity contribution in [2.24, 2.45) is 10.4 Å². The Labute approximate surface area is 192 Å². The Hall–Kier alpha value is -1.57. The zero-order valence-corrected chi connectivity index (χ0v) is 20.3. The molecule has 0 aromatic heterocycles. The largest absolute Gasteiger partial charge is 0.355 e. The number of hydrogen-bond donors (Lipinski definition) is 1. The van der Waals surface area contributed by atoms with Gasteiger partial charge < -0.3 is 15.1 Å². The number of aliphatic imine (C=N–C) groups is 1. The summed E-state index contributed by atoms with van der Waals surface area (Å²) in [7, 11) is 5.57. The highest BCUT2D eigenvalue weighted by molar-refractivity contribution is 14.0. The SMILES string of the molecule is CN=C(NCC1(C(=O)N(C)C)CCCC1)N1CCC(=Cc2ccccc2)CC1.I. The van der Waals surface area contributed by atoms with Gasteiger partial charge in [0.1, 0.15) is 0 Å². The van der Waals surface area contributed by atoms with E-state index in [2.05, 4.69) is 51.6 Å². The molecule has 1 saturated carbocycles. The van der Waals surface area contributed by atoms with Crippen LogP contribution in [-0.2, 0) is 4.79 Å². The highest BCUT2D eigenvalue weighted by atomic mass is 127. The van der Waals surface area contributed by atoms with Crippen molar-refractivity contribution < 1.29 is 4.79 Å². The second-order valence-electron chi connectivity index (χ2n) is 8.29. The van der Waals surface area contributed by atoms with Gasteiger partial charge in [0.2, 0.25) is 5.91 Å². The Morgan fingerprint density at radius 3 is 2.34 bits per heavy atom. The number of halogens is 1. The first kappa shape index (κ1) is 23.7. The highest BCUT2D eigenvalue weighted by Gasteiger charge is 2.42. The number of hydrogen-bond acceptors (Lipinski definition) is 2. The molecule has 1 aromatic carbocycles. The molecule has 1 saturated heterocycles. The third-order valence-electron chi connectivity index (χ3n) is 6.09. The maximum atomic E-state index is 12.8. The van der Waals surface area contributed by atoms with E-state index < -0.39 is 0 Å². The van der Waals surface area contributed by atoms with Crippen LogP contribution < -0.4 is 5.32 Å². The molecule has 0 unspecified atom stereocenters. The Morgan fingerprint density at radius 1 is 1.17 bits per heavy atom. The molecule has 3 rings (SSSR count). The van der Waals surface area contributed by atoms with Crippen LogP contribution in [0.2, 0.25) is 0 Å². The summed E-state index contributed by atoms with van der Waals surface area (Å²) < 4.78 is 0. The number of amides is 1. The van der Waals surface area contributed by atoms with Gasteiger partial charge in [-0.2, -0.15) is 0 Å². The van der Waals surface area contributed by atoms with E-state index in [1.807, 2.05) is 21.1 Å². The van der Waals surface area contributed by atoms with Crippen LogP contribution in [0.5, 0.6) is 0 Å². The van der Waals surface area contributed by atoms with Crippen LogP contribution in [0.4, 0.5) is 0 Å². The van der Waals surface area contributed by atoms with Crippen molar-refractivity contribution in [2.45, 2.75) is 38.5 Å². The molecule has 1 amide bonds. The fraction of sp³-hybridized carbons (Fsp3) is 0.565. The van der Waals surface area contributed by atoms with E-state index in [1.165, 1.54) is 11.1 Å². The van der Waals surface area contributed by atoms with Gasteiger partial charge >= 0.3 is 0 Å². The lowest BCUT2D eigenvalue weighted by Gasteiger charge is -2.35. The van der Waals surface area contributed by atoms with Gasteiger partial charge in [0.15, 0.2) is 5.96 Å². The van der Waals surface area contributed by atoms with Crippen molar-refractivity contribution in [1.82, 2.24) is 15.1 Å². The normalized spacial score (nSPS) is 18.8. The van der Waals surface area contributed by atoms with Crippen molar-refractivity contribution in [2.75, 3.05) is 40.8 Å². The van der Waals surface area contributed by atoms with Crippen LogP contribution in [0, 0.1) is 5.41 Å². The average molecular weight is 510 g/mol. The number of rotatable bonds is 4. The molecule has 0 atom stereocenters. The van der Waals surface area contributed by atoms with E-state index in [0.717, 1.165) is 57.6 Å². The minimum atomic E-state index is -0.270. The second kappa shape index (κ2) is 11.0. The van der Waals surface area contributed by atoms with E-state index in [-0.39, 0.29) is 35.3 Å². The fourth-order valence-corrected chi connectivity index (χ4v) is 4.51. The lowest BCUT2D eigenvalue weighted by Crippen LogP contribution is -2.51. The summed E-state index contributed by atoms with van der Waals surface area (Å²) in [6.45, 7) is 2.61. The van der Waals surface area contributed by atoms with Crippen molar-refractivity contribution in [3.8, 4) is 0 Å². The molecule has 6 heteroatoms. The zero-order chi connectivity index (χ0) is 20.0. The quantitative estimate of drug-likeness (QED) is 0.379. The molecule has 0 radical (unpaired) electrons. The molecule has 2 aliphatic rings. The topological polar surface area (TPSA) is 47.9 Å². The van der Waals surface area contributed by atoms with Gasteiger partial charge in [-0.05, 0) is 31.2 Å². The van der Waals surface area contributed by atoms with E-state index in [9.17, 15) is 4.79 Å². The molecular formula is C23H35IN4O. The van der Waals surface area contributed by atoms with E-state index in [1.54, 1.807) is 4.90 Å². The van der Waals surface area contributed by atoms with Gasteiger partial charge in [-0.1, -0.05) is 54.8 Å². The molecule has 1 aliphatic heterocycles. The fourth-order valence-electron chi connectivity index (χ4n) is 4.51. The predicted molar refractivity (Wildman–Crippen MR) is 132 cm³/mol. The molecule has 1 aliphatic carbocycles. The van der Waals surface area contributed by atoms with Crippen molar-refractivity contribution in [3.05, 3.63) is 41.5 Å². The summed E-state index contributed by atoms with van der Waals surface area (Å²) in [4.78, 5) is 21.4. The minimum Gasteiger partial charge on any atom is -0.355 e. The molecule has 29 heavy (non-hydrogen) atoms. The van der Waals surface area contributed by atoms with Crippen LogP contribution >= 0.6 is 24.0 Å². The van der Waals surface area contributed by atoms with E-state index in [4.69, 9.17) is 0 Å². The number of carbonyl (C=O) groups is 1. The number of nitrogens with one attached hydrogen (secondary N) is 1. The van der Waals surface area contributed by atoms with Gasteiger partial charge in [0, 0.05) is 40.8 Å². The average Bonchev–Trinajstić information content (AvgIpc) is 3.20. The van der Waals surface area contributed by atoms with Crippen molar-refractivity contribution >= 4 is 41.9 Å². The third kappa shape index (κ3) is 5.96. The molecule has 1 heterocycles. The molecule has 2 fully saturated rings. The number of guanidine groups is 1. The predicted octanol–water partition coefficient (Wildman–Crippen LogP) is 4.01. The van der Waals surface area contributed by atoms with Crippen LogP contribution in [0.15, 0.2) is 40.9 Å². The summed E-state index contributed by atoms with van der Waals surface area (Å²) in [6.07, 6.45) is 8.63. The second-order valence-corrected chi connectivity index (χ2v) is 8.29. The number of piperidine rings is 1. The van der Waals surface area contributed by atoms with Crippen molar-refractivity contribution in [1.29, 1.82) is 0 Å². The number of benzene rings is 1. The minimum absolute atomic E-state index is 0. The molecule has 0 bridgehead atoms. The Morgan fingerprint density at radius 2 is 1.79 bits per heavy atom. The smallest absolute Gasteiger partial charge is 0.230 e. The standard InChI is InChI=1S/C23H34N4O.HI/c1-24-22(25-18-23(13-7-8-14-23)21(28)26(2)3)27-15-11-20(12-16-27)17-19-9-5-4-6-10-19;/h4-6,9-10,17H,7-8,11-16,18H2,1-3H3,(H,24,25);1H. The summed E-state index contributed by atoms with van der Waals surface area (Å²) >= 11 is 0. The van der Waals surface area contributed by atoms with Crippen LogP contribution in [0.1, 0.15) is 44.1 Å². The van der Waals surface area contributed by atoms with Crippen LogP contribution in [0.25, 0.3) is 6.08 Å². The molecule has 0 spiro atoms. The lowest BCUT2D eigenvalue weighted by molar-refractivity contribution is -0.138. The zero-order valence-electron chi connectivity index (χ0n) is 18.0.